The minimum Gasteiger partial charge on any atom is -0.349 e. The number of aryl methyl sites for hydroxylation is 2. The van der Waals surface area contributed by atoms with Crippen LogP contribution in [0.3, 0.4) is 0 Å². The van der Waals surface area contributed by atoms with E-state index < -0.39 is 0 Å². The van der Waals surface area contributed by atoms with Gasteiger partial charge in [-0.1, -0.05) is 13.0 Å². The van der Waals surface area contributed by atoms with Crippen molar-refractivity contribution < 1.29 is 4.79 Å². The van der Waals surface area contributed by atoms with Gasteiger partial charge in [-0.25, -0.2) is 0 Å². The van der Waals surface area contributed by atoms with E-state index in [-0.39, 0.29) is 17.9 Å². The third-order valence-corrected chi connectivity index (χ3v) is 3.35. The lowest BCUT2D eigenvalue weighted by Gasteiger charge is -2.19. The van der Waals surface area contributed by atoms with Crippen LogP contribution in [0, 0.1) is 19.8 Å². The maximum absolute atomic E-state index is 12.0. The maximum atomic E-state index is 12.0. The molecule has 17 heavy (non-hydrogen) atoms. The van der Waals surface area contributed by atoms with Gasteiger partial charge in [-0.3, -0.25) is 4.79 Å². The van der Waals surface area contributed by atoms with Crippen LogP contribution in [0.1, 0.15) is 35.3 Å². The lowest BCUT2D eigenvalue weighted by molar-refractivity contribution is 0.0929. The Morgan fingerprint density at radius 3 is 2.47 bits per heavy atom. The number of nitrogens with two attached hydrogens (primary N) is 1. The van der Waals surface area contributed by atoms with E-state index in [1.807, 2.05) is 45.9 Å². The zero-order valence-corrected chi connectivity index (χ0v) is 11.1. The molecular weight excluding hydrogens is 212 g/mol. The zero-order valence-electron chi connectivity index (χ0n) is 11.1. The fourth-order valence-electron chi connectivity index (χ4n) is 1.52. The average molecular weight is 234 g/mol. The Labute approximate surface area is 103 Å². The van der Waals surface area contributed by atoms with Gasteiger partial charge < -0.3 is 11.1 Å². The maximum Gasteiger partial charge on any atom is 0.251 e. The Morgan fingerprint density at radius 1 is 1.29 bits per heavy atom. The summed E-state index contributed by atoms with van der Waals surface area (Å²) in [7, 11) is 0. The van der Waals surface area contributed by atoms with E-state index in [4.69, 9.17) is 5.73 Å². The van der Waals surface area contributed by atoms with Crippen molar-refractivity contribution in [2.45, 2.75) is 33.7 Å². The summed E-state index contributed by atoms with van der Waals surface area (Å²) >= 11 is 0. The second-order valence-corrected chi connectivity index (χ2v) is 4.77. The van der Waals surface area contributed by atoms with Gasteiger partial charge in [-0.2, -0.15) is 0 Å². The van der Waals surface area contributed by atoms with Gasteiger partial charge in [0.2, 0.25) is 0 Å². The summed E-state index contributed by atoms with van der Waals surface area (Å²) < 4.78 is 0. The standard InChI is InChI=1S/C14H22N2O/c1-9-5-6-13(7-10(9)2)14(17)16-12(4)11(3)8-15/h5-7,11-12H,8,15H2,1-4H3,(H,16,17). The molecule has 2 atom stereocenters. The number of carbonyl (C=O) groups is 1. The van der Waals surface area contributed by atoms with E-state index in [0.717, 1.165) is 5.56 Å². The van der Waals surface area contributed by atoms with Gasteiger partial charge in [0.25, 0.3) is 5.91 Å². The number of amides is 1. The predicted molar refractivity (Wildman–Crippen MR) is 71.1 cm³/mol. The number of benzene rings is 1. The topological polar surface area (TPSA) is 55.1 Å². The van der Waals surface area contributed by atoms with Crippen molar-refractivity contribution >= 4 is 5.91 Å². The lowest BCUT2D eigenvalue weighted by atomic mass is 10.0. The molecule has 0 bridgehead atoms. The minimum atomic E-state index is -0.0269. The normalized spacial score (nSPS) is 14.2. The van der Waals surface area contributed by atoms with Crippen molar-refractivity contribution in [2.24, 2.45) is 11.7 Å². The quantitative estimate of drug-likeness (QED) is 0.837. The number of hydrogen-bond donors (Lipinski definition) is 2. The largest absolute Gasteiger partial charge is 0.349 e. The molecule has 0 aliphatic heterocycles. The molecule has 1 aromatic carbocycles. The van der Waals surface area contributed by atoms with Gasteiger partial charge in [0.15, 0.2) is 0 Å². The van der Waals surface area contributed by atoms with Crippen LogP contribution in [0.25, 0.3) is 0 Å². The molecule has 0 aliphatic rings. The Hall–Kier alpha value is -1.35. The molecule has 0 spiro atoms. The third-order valence-electron chi connectivity index (χ3n) is 3.35. The molecule has 94 valence electrons. The van der Waals surface area contributed by atoms with Crippen LogP contribution in [-0.2, 0) is 0 Å². The molecule has 1 aromatic rings. The summed E-state index contributed by atoms with van der Waals surface area (Å²) in [5.41, 5.74) is 8.63. The molecule has 3 heteroatoms. The summed E-state index contributed by atoms with van der Waals surface area (Å²) in [6, 6.07) is 5.85. The summed E-state index contributed by atoms with van der Waals surface area (Å²) in [5.74, 6) is 0.256. The highest BCUT2D eigenvalue weighted by Gasteiger charge is 2.14. The Morgan fingerprint density at radius 2 is 1.94 bits per heavy atom. The molecule has 0 fully saturated rings. The molecule has 3 nitrogen and oxygen atoms in total. The van der Waals surface area contributed by atoms with E-state index in [2.05, 4.69) is 5.32 Å². The Balaban J connectivity index is 2.73. The SMILES string of the molecule is Cc1ccc(C(=O)NC(C)C(C)CN)cc1C. The Bertz CT molecular complexity index is 401. The van der Waals surface area contributed by atoms with E-state index in [1.165, 1.54) is 5.56 Å². The fraction of sp³-hybridized carbons (Fsp3) is 0.500. The van der Waals surface area contributed by atoms with Gasteiger partial charge in [0.1, 0.15) is 0 Å². The van der Waals surface area contributed by atoms with E-state index in [1.54, 1.807) is 0 Å². The monoisotopic (exact) mass is 234 g/mol. The minimum absolute atomic E-state index is 0.0269. The second kappa shape index (κ2) is 5.82. The second-order valence-electron chi connectivity index (χ2n) is 4.77. The summed E-state index contributed by atoms with van der Waals surface area (Å²) in [6.07, 6.45) is 0. The van der Waals surface area contributed by atoms with Crippen LogP contribution < -0.4 is 11.1 Å². The molecule has 1 rings (SSSR count). The molecule has 0 saturated carbocycles. The predicted octanol–water partition coefficient (Wildman–Crippen LogP) is 2.02. The van der Waals surface area contributed by atoms with Crippen molar-refractivity contribution in [1.82, 2.24) is 5.32 Å². The van der Waals surface area contributed by atoms with Crippen LogP contribution in [0.4, 0.5) is 0 Å². The van der Waals surface area contributed by atoms with E-state index in [9.17, 15) is 4.79 Å². The Kier molecular flexibility index (Phi) is 4.70. The first-order valence-corrected chi connectivity index (χ1v) is 6.04. The first-order chi connectivity index (χ1) is 7.95. The van der Waals surface area contributed by atoms with Gasteiger partial charge in [0.05, 0.1) is 0 Å². The number of rotatable bonds is 4. The molecule has 0 aromatic heterocycles. The highest BCUT2D eigenvalue weighted by molar-refractivity contribution is 5.94. The zero-order chi connectivity index (χ0) is 13.0. The molecule has 2 unspecified atom stereocenters. The van der Waals surface area contributed by atoms with Crippen molar-refractivity contribution in [3.05, 3.63) is 34.9 Å². The first kappa shape index (κ1) is 13.7. The van der Waals surface area contributed by atoms with E-state index >= 15 is 0 Å². The van der Waals surface area contributed by atoms with Gasteiger partial charge in [-0.05, 0) is 56.5 Å². The van der Waals surface area contributed by atoms with Gasteiger partial charge >= 0.3 is 0 Å². The van der Waals surface area contributed by atoms with Crippen LogP contribution >= 0.6 is 0 Å². The molecule has 1 amide bonds. The first-order valence-electron chi connectivity index (χ1n) is 6.04. The lowest BCUT2D eigenvalue weighted by Crippen LogP contribution is -2.39. The van der Waals surface area contributed by atoms with Crippen LogP contribution in [-0.4, -0.2) is 18.5 Å². The van der Waals surface area contributed by atoms with E-state index in [0.29, 0.717) is 12.1 Å². The number of hydrogen-bond acceptors (Lipinski definition) is 2. The summed E-state index contributed by atoms with van der Waals surface area (Å²) in [5, 5.41) is 2.97. The summed E-state index contributed by atoms with van der Waals surface area (Å²) in [4.78, 5) is 12.0. The molecule has 0 heterocycles. The summed E-state index contributed by atoms with van der Waals surface area (Å²) in [6.45, 7) is 8.64. The van der Waals surface area contributed by atoms with Crippen molar-refractivity contribution in [3.63, 3.8) is 0 Å². The van der Waals surface area contributed by atoms with Crippen LogP contribution in [0.5, 0.6) is 0 Å². The highest BCUT2D eigenvalue weighted by atomic mass is 16.1. The van der Waals surface area contributed by atoms with Crippen molar-refractivity contribution in [1.29, 1.82) is 0 Å². The highest BCUT2D eigenvalue weighted by Crippen LogP contribution is 2.10. The molecule has 0 saturated heterocycles. The molecule has 0 radical (unpaired) electrons. The molecular formula is C14H22N2O. The van der Waals surface area contributed by atoms with Crippen LogP contribution in [0.2, 0.25) is 0 Å². The van der Waals surface area contributed by atoms with Crippen LogP contribution in [0.15, 0.2) is 18.2 Å². The number of nitrogens with one attached hydrogen (secondary N) is 1. The smallest absolute Gasteiger partial charge is 0.251 e. The fourth-order valence-corrected chi connectivity index (χ4v) is 1.52. The molecule has 3 N–H and O–H groups in total. The van der Waals surface area contributed by atoms with Gasteiger partial charge in [0, 0.05) is 11.6 Å². The van der Waals surface area contributed by atoms with Gasteiger partial charge in [-0.15, -0.1) is 0 Å². The average Bonchev–Trinajstić information content (AvgIpc) is 2.31. The van der Waals surface area contributed by atoms with Crippen molar-refractivity contribution in [2.75, 3.05) is 6.54 Å². The number of carbonyl (C=O) groups excluding carboxylic acids is 1. The van der Waals surface area contributed by atoms with Crippen molar-refractivity contribution in [3.8, 4) is 0 Å². The third kappa shape index (κ3) is 3.56. The molecule has 0 aliphatic carbocycles.